The highest BCUT2D eigenvalue weighted by Gasteiger charge is 2.17. The van der Waals surface area contributed by atoms with Crippen LogP contribution < -0.4 is 5.32 Å². The summed E-state index contributed by atoms with van der Waals surface area (Å²) in [6, 6.07) is 8.54. The molecule has 0 atom stereocenters. The van der Waals surface area contributed by atoms with E-state index in [9.17, 15) is 0 Å². The number of allylic oxidation sites excluding steroid dienone is 2. The fourth-order valence-electron chi connectivity index (χ4n) is 2.65. The maximum atomic E-state index is 4.70. The average molecular weight is 226 g/mol. The summed E-state index contributed by atoms with van der Waals surface area (Å²) in [5.74, 6) is 0.654. The van der Waals surface area contributed by atoms with E-state index in [1.807, 2.05) is 6.21 Å². The minimum absolute atomic E-state index is 0.654. The summed E-state index contributed by atoms with van der Waals surface area (Å²) in [5, 5.41) is 3.41. The Balaban J connectivity index is 1.83. The Labute approximate surface area is 102 Å². The van der Waals surface area contributed by atoms with Gasteiger partial charge in [-0.15, -0.1) is 0 Å². The highest BCUT2D eigenvalue weighted by Crippen LogP contribution is 2.25. The first-order valence-electron chi connectivity index (χ1n) is 6.46. The number of nitrogens with zero attached hydrogens (tertiary/aromatic N) is 1. The fourth-order valence-corrected chi connectivity index (χ4v) is 2.65. The summed E-state index contributed by atoms with van der Waals surface area (Å²) in [6.45, 7) is 2.26. The molecule has 1 saturated heterocycles. The third-order valence-electron chi connectivity index (χ3n) is 3.70. The Bertz CT molecular complexity index is 454. The lowest BCUT2D eigenvalue weighted by atomic mass is 9.94. The zero-order valence-electron chi connectivity index (χ0n) is 10.0. The predicted molar refractivity (Wildman–Crippen MR) is 71.4 cm³/mol. The van der Waals surface area contributed by atoms with Gasteiger partial charge in [0.2, 0.25) is 0 Å². The van der Waals surface area contributed by atoms with Gasteiger partial charge in [-0.25, -0.2) is 0 Å². The van der Waals surface area contributed by atoms with E-state index in [1.54, 1.807) is 0 Å². The maximum absolute atomic E-state index is 4.70. The van der Waals surface area contributed by atoms with Crippen molar-refractivity contribution < 1.29 is 0 Å². The predicted octanol–water partition coefficient (Wildman–Crippen LogP) is 2.55. The Hall–Kier alpha value is -1.41. The lowest BCUT2D eigenvalue weighted by molar-refractivity contribution is 0.417. The van der Waals surface area contributed by atoms with Crippen molar-refractivity contribution in [3.63, 3.8) is 0 Å². The van der Waals surface area contributed by atoms with Gasteiger partial charge in [-0.05, 0) is 43.5 Å². The monoisotopic (exact) mass is 226 g/mol. The van der Waals surface area contributed by atoms with Crippen molar-refractivity contribution in [2.45, 2.75) is 19.3 Å². The highest BCUT2D eigenvalue weighted by molar-refractivity contribution is 5.83. The van der Waals surface area contributed by atoms with Crippen LogP contribution in [-0.4, -0.2) is 19.3 Å². The normalized spacial score (nSPS) is 20.6. The summed E-state index contributed by atoms with van der Waals surface area (Å²) in [6.07, 6.45) is 7.82. The van der Waals surface area contributed by atoms with Crippen LogP contribution in [0, 0.1) is 5.92 Å². The summed E-state index contributed by atoms with van der Waals surface area (Å²) in [5.41, 5.74) is 3.95. The van der Waals surface area contributed by atoms with Crippen molar-refractivity contribution in [1.82, 2.24) is 5.32 Å². The topological polar surface area (TPSA) is 24.4 Å². The molecule has 17 heavy (non-hydrogen) atoms. The molecule has 0 unspecified atom stereocenters. The summed E-state index contributed by atoms with van der Waals surface area (Å²) < 4.78 is 0. The molecule has 0 spiro atoms. The zero-order chi connectivity index (χ0) is 11.5. The average Bonchev–Trinajstić information content (AvgIpc) is 2.62. The van der Waals surface area contributed by atoms with Gasteiger partial charge in [0.1, 0.15) is 0 Å². The Morgan fingerprint density at radius 3 is 2.82 bits per heavy atom. The number of nitrogens with one attached hydrogen (secondary N) is 1. The van der Waals surface area contributed by atoms with Gasteiger partial charge < -0.3 is 5.32 Å². The van der Waals surface area contributed by atoms with Crippen LogP contribution in [0.4, 0.5) is 0 Å². The van der Waals surface area contributed by atoms with Crippen LogP contribution >= 0.6 is 0 Å². The molecule has 2 heteroatoms. The van der Waals surface area contributed by atoms with Crippen LogP contribution in [-0.2, 0) is 6.42 Å². The van der Waals surface area contributed by atoms with Crippen LogP contribution in [0.2, 0.25) is 0 Å². The second-order valence-electron chi connectivity index (χ2n) is 4.81. The zero-order valence-corrected chi connectivity index (χ0v) is 10.0. The molecule has 2 aliphatic rings. The molecule has 2 heterocycles. The van der Waals surface area contributed by atoms with Gasteiger partial charge in [0, 0.05) is 17.8 Å². The van der Waals surface area contributed by atoms with Gasteiger partial charge in [-0.2, -0.15) is 0 Å². The van der Waals surface area contributed by atoms with Gasteiger partial charge in [0.05, 0.1) is 0 Å². The molecule has 0 bridgehead atoms. The standard InChI is InChI=1S/C15H18N2/c1-2-4-14-11-17-15(6-5-12(14)3-1)13-7-9-16-10-8-13/h1-4,6,11,13,16H,5,7-10H2. The Morgan fingerprint density at radius 1 is 1.12 bits per heavy atom. The van der Waals surface area contributed by atoms with E-state index in [0.717, 1.165) is 19.5 Å². The second kappa shape index (κ2) is 4.84. The van der Waals surface area contributed by atoms with E-state index >= 15 is 0 Å². The maximum Gasteiger partial charge on any atom is 0.0399 e. The molecule has 0 radical (unpaired) electrons. The molecule has 88 valence electrons. The Kier molecular flexibility index (Phi) is 3.06. The number of rotatable bonds is 1. The molecule has 0 amide bonds. The van der Waals surface area contributed by atoms with Crippen molar-refractivity contribution in [2.75, 3.05) is 13.1 Å². The summed E-state index contributed by atoms with van der Waals surface area (Å²) in [4.78, 5) is 4.70. The molecule has 2 aliphatic heterocycles. The minimum atomic E-state index is 0.654. The first kappa shape index (κ1) is 10.7. The van der Waals surface area contributed by atoms with Crippen LogP contribution in [0.5, 0.6) is 0 Å². The number of hydrogen-bond donors (Lipinski definition) is 1. The molecule has 1 N–H and O–H groups in total. The third-order valence-corrected chi connectivity index (χ3v) is 3.70. The molecule has 3 rings (SSSR count). The van der Waals surface area contributed by atoms with Gasteiger partial charge in [-0.3, -0.25) is 4.99 Å². The van der Waals surface area contributed by atoms with E-state index in [4.69, 9.17) is 4.99 Å². The smallest absolute Gasteiger partial charge is 0.0399 e. The van der Waals surface area contributed by atoms with Gasteiger partial charge in [-0.1, -0.05) is 30.3 Å². The van der Waals surface area contributed by atoms with Crippen LogP contribution in [0.3, 0.4) is 0 Å². The number of fused-ring (bicyclic) bond motifs is 1. The molecule has 0 aromatic heterocycles. The van der Waals surface area contributed by atoms with Crippen LogP contribution in [0.1, 0.15) is 24.0 Å². The number of benzene rings is 1. The van der Waals surface area contributed by atoms with Gasteiger partial charge >= 0.3 is 0 Å². The van der Waals surface area contributed by atoms with Crippen LogP contribution in [0.15, 0.2) is 41.0 Å². The van der Waals surface area contributed by atoms with Crippen molar-refractivity contribution in [2.24, 2.45) is 10.9 Å². The lowest BCUT2D eigenvalue weighted by Crippen LogP contribution is -2.28. The third kappa shape index (κ3) is 2.32. The Morgan fingerprint density at radius 2 is 1.94 bits per heavy atom. The van der Waals surface area contributed by atoms with E-state index in [0.29, 0.717) is 5.92 Å². The molecular formula is C15H18N2. The highest BCUT2D eigenvalue weighted by atomic mass is 14.9. The van der Waals surface area contributed by atoms with Crippen molar-refractivity contribution in [3.8, 4) is 0 Å². The second-order valence-corrected chi connectivity index (χ2v) is 4.81. The van der Waals surface area contributed by atoms with E-state index in [2.05, 4.69) is 35.7 Å². The molecule has 2 nitrogen and oxygen atoms in total. The van der Waals surface area contributed by atoms with Crippen molar-refractivity contribution >= 4 is 6.21 Å². The van der Waals surface area contributed by atoms with Crippen LogP contribution in [0.25, 0.3) is 0 Å². The first-order valence-corrected chi connectivity index (χ1v) is 6.46. The number of hydrogen-bond acceptors (Lipinski definition) is 2. The molecule has 0 aliphatic carbocycles. The number of piperidine rings is 1. The van der Waals surface area contributed by atoms with Crippen molar-refractivity contribution in [1.29, 1.82) is 0 Å². The van der Waals surface area contributed by atoms with E-state index < -0.39 is 0 Å². The number of aliphatic imine (C=N–C) groups is 1. The quantitative estimate of drug-likeness (QED) is 0.782. The molecular weight excluding hydrogens is 208 g/mol. The largest absolute Gasteiger partial charge is 0.317 e. The van der Waals surface area contributed by atoms with Gasteiger partial charge in [0.25, 0.3) is 0 Å². The fraction of sp³-hybridized carbons (Fsp3) is 0.400. The van der Waals surface area contributed by atoms with E-state index in [1.165, 1.54) is 29.7 Å². The minimum Gasteiger partial charge on any atom is -0.317 e. The van der Waals surface area contributed by atoms with E-state index in [-0.39, 0.29) is 0 Å². The first-order chi connectivity index (χ1) is 8.43. The summed E-state index contributed by atoms with van der Waals surface area (Å²) in [7, 11) is 0. The SMILES string of the molecule is C1=NC(C2CCNCC2)=CCc2ccccc21. The molecule has 1 aromatic rings. The summed E-state index contributed by atoms with van der Waals surface area (Å²) >= 11 is 0. The lowest BCUT2D eigenvalue weighted by Gasteiger charge is -2.22. The molecule has 0 saturated carbocycles. The molecule has 1 aromatic carbocycles. The van der Waals surface area contributed by atoms with Gasteiger partial charge in [0.15, 0.2) is 0 Å². The molecule has 1 fully saturated rings. The van der Waals surface area contributed by atoms with Crippen molar-refractivity contribution in [3.05, 3.63) is 47.2 Å².